The fourth-order valence-electron chi connectivity index (χ4n) is 3.65. The lowest BCUT2D eigenvalue weighted by molar-refractivity contribution is 0.101. The number of Topliss-reactive ketones (excluding diaryl/α,β-unsaturated/α-hetero) is 1. The van der Waals surface area contributed by atoms with Gasteiger partial charge in [0.2, 0.25) is 5.95 Å². The largest absolute Gasteiger partial charge is 0.496 e. The smallest absolute Gasteiger partial charge is 0.223 e. The molecule has 9 heteroatoms. The highest BCUT2D eigenvalue weighted by Gasteiger charge is 2.14. The summed E-state index contributed by atoms with van der Waals surface area (Å²) in [6, 6.07) is 11.1. The minimum Gasteiger partial charge on any atom is -0.496 e. The quantitative estimate of drug-likeness (QED) is 0.333. The number of aliphatic hydroxyl groups excluding tert-OH is 1. The van der Waals surface area contributed by atoms with Crippen LogP contribution in [-0.2, 0) is 13.0 Å². The monoisotopic (exact) mass is 477 g/mol. The van der Waals surface area contributed by atoms with Crippen molar-refractivity contribution in [3.63, 3.8) is 0 Å². The number of ether oxygens (including phenoxy) is 1. The summed E-state index contributed by atoms with van der Waals surface area (Å²) in [5.74, 6) is 1.19. The molecule has 2 N–H and O–H groups in total. The predicted molar refractivity (Wildman–Crippen MR) is 133 cm³/mol. The number of anilines is 1. The van der Waals surface area contributed by atoms with Crippen molar-refractivity contribution in [3.8, 4) is 16.3 Å². The Labute approximate surface area is 202 Å². The molecule has 0 unspecified atom stereocenters. The van der Waals surface area contributed by atoms with Gasteiger partial charge in [0.1, 0.15) is 5.75 Å². The molecule has 0 fully saturated rings. The van der Waals surface area contributed by atoms with Gasteiger partial charge in [-0.3, -0.25) is 4.79 Å². The highest BCUT2D eigenvalue weighted by Crippen LogP contribution is 2.26. The number of thiophene rings is 1. The molecule has 3 aromatic heterocycles. The number of aliphatic hydroxyl groups is 1. The third-order valence-electron chi connectivity index (χ3n) is 5.38. The predicted octanol–water partition coefficient (Wildman–Crippen LogP) is 3.99. The Hall–Kier alpha value is -3.56. The second-order valence-electron chi connectivity index (χ2n) is 8.02. The van der Waals surface area contributed by atoms with Gasteiger partial charge in [-0.05, 0) is 50.2 Å². The van der Waals surface area contributed by atoms with E-state index in [4.69, 9.17) is 4.74 Å². The van der Waals surface area contributed by atoms with E-state index < -0.39 is 0 Å². The molecule has 4 aromatic rings. The summed E-state index contributed by atoms with van der Waals surface area (Å²) in [6.45, 7) is 4.03. The van der Waals surface area contributed by atoms with E-state index >= 15 is 0 Å². The van der Waals surface area contributed by atoms with Crippen LogP contribution in [0.15, 0.2) is 55.1 Å². The van der Waals surface area contributed by atoms with Crippen LogP contribution in [0.3, 0.4) is 0 Å². The summed E-state index contributed by atoms with van der Waals surface area (Å²) in [6.07, 6.45) is 5.88. The van der Waals surface area contributed by atoms with Gasteiger partial charge in [-0.15, -0.1) is 11.3 Å². The molecule has 0 spiro atoms. The van der Waals surface area contributed by atoms with Crippen molar-refractivity contribution >= 4 is 23.1 Å². The number of nitrogens with one attached hydrogen (secondary N) is 1. The first-order chi connectivity index (χ1) is 16.4. The zero-order valence-electron chi connectivity index (χ0n) is 19.4. The van der Waals surface area contributed by atoms with Crippen LogP contribution in [0.25, 0.3) is 10.6 Å². The number of aromatic nitrogens is 4. The fraction of sp³-hybridized carbons (Fsp3) is 0.280. The Kier molecular flexibility index (Phi) is 7.34. The molecule has 0 aliphatic heterocycles. The van der Waals surface area contributed by atoms with E-state index in [9.17, 15) is 9.90 Å². The number of nitrogens with zero attached hydrogens (tertiary/aromatic N) is 4. The molecule has 0 saturated carbocycles. The number of ketones is 1. The van der Waals surface area contributed by atoms with Crippen LogP contribution in [0.2, 0.25) is 0 Å². The number of hydrogen-bond acceptors (Lipinski definition) is 8. The molecule has 3 heterocycles. The first kappa shape index (κ1) is 23.6. The van der Waals surface area contributed by atoms with Gasteiger partial charge in [0, 0.05) is 34.8 Å². The van der Waals surface area contributed by atoms with Crippen molar-refractivity contribution in [2.24, 2.45) is 0 Å². The van der Waals surface area contributed by atoms with Gasteiger partial charge < -0.3 is 19.7 Å². The molecule has 0 aliphatic rings. The Morgan fingerprint density at radius 3 is 2.79 bits per heavy atom. The molecular formula is C25H27N5O3S. The topological polar surface area (TPSA) is 102 Å². The average Bonchev–Trinajstić information content (AvgIpc) is 3.47. The Morgan fingerprint density at radius 1 is 1.24 bits per heavy atom. The van der Waals surface area contributed by atoms with Crippen molar-refractivity contribution < 1.29 is 14.6 Å². The normalized spacial score (nSPS) is 11.9. The van der Waals surface area contributed by atoms with Crippen LogP contribution in [0, 0.1) is 6.92 Å². The summed E-state index contributed by atoms with van der Waals surface area (Å²) >= 11 is 1.68. The summed E-state index contributed by atoms with van der Waals surface area (Å²) in [7, 11) is 1.61. The van der Waals surface area contributed by atoms with E-state index in [-0.39, 0.29) is 18.4 Å². The van der Waals surface area contributed by atoms with Crippen LogP contribution in [0.5, 0.6) is 5.75 Å². The van der Waals surface area contributed by atoms with Gasteiger partial charge >= 0.3 is 0 Å². The fourth-order valence-corrected chi connectivity index (χ4v) is 4.49. The SMILES string of the molecule is COc1ccc(C(C)=O)cc1Cn1cnc(C[C@@H](CO)Nc2nccc(-c3ccc(C)s3)n2)c1. The summed E-state index contributed by atoms with van der Waals surface area (Å²) in [5, 5.41) is 13.1. The van der Waals surface area contributed by atoms with E-state index in [0.29, 0.717) is 30.2 Å². The molecule has 0 bridgehead atoms. The standard InChI is InChI=1S/C25H27N5O3S/c1-16-4-7-24(34-16)22-8-9-26-25(29-22)28-21(14-31)11-20-13-30(15-27-20)12-19-10-18(17(2)32)5-6-23(19)33-3/h4-10,13,15,21,31H,11-12,14H2,1-3H3,(H,26,28,29)/t21-/m0/s1. The second kappa shape index (κ2) is 10.6. The molecule has 1 atom stereocenters. The van der Waals surface area contributed by atoms with Crippen LogP contribution < -0.4 is 10.1 Å². The second-order valence-corrected chi connectivity index (χ2v) is 9.31. The van der Waals surface area contributed by atoms with Crippen molar-refractivity contribution in [1.82, 2.24) is 19.5 Å². The Bertz CT molecular complexity index is 1280. The maximum atomic E-state index is 11.8. The number of benzene rings is 1. The number of imidazole rings is 1. The third-order valence-corrected chi connectivity index (χ3v) is 6.41. The summed E-state index contributed by atoms with van der Waals surface area (Å²) < 4.78 is 7.38. The van der Waals surface area contributed by atoms with Crippen molar-refractivity contribution in [1.29, 1.82) is 0 Å². The van der Waals surface area contributed by atoms with Crippen molar-refractivity contribution in [3.05, 3.63) is 76.8 Å². The van der Waals surface area contributed by atoms with Gasteiger partial charge in [-0.2, -0.15) is 0 Å². The molecule has 0 saturated heterocycles. The molecule has 1 aromatic carbocycles. The third kappa shape index (κ3) is 5.67. The Morgan fingerprint density at radius 2 is 2.09 bits per heavy atom. The van der Waals surface area contributed by atoms with Crippen LogP contribution >= 0.6 is 11.3 Å². The van der Waals surface area contributed by atoms with Crippen LogP contribution in [0.1, 0.15) is 33.4 Å². The molecule has 0 amide bonds. The Balaban J connectivity index is 1.44. The minimum atomic E-state index is -0.292. The molecule has 4 rings (SSSR count). The number of methoxy groups -OCH3 is 1. The van der Waals surface area contributed by atoms with Crippen molar-refractivity contribution in [2.45, 2.75) is 32.9 Å². The minimum absolute atomic E-state index is 0.00702. The summed E-state index contributed by atoms with van der Waals surface area (Å²) in [4.78, 5) is 27.4. The number of hydrogen-bond donors (Lipinski definition) is 2. The molecule has 176 valence electrons. The van der Waals surface area contributed by atoms with E-state index in [1.54, 1.807) is 50.0 Å². The van der Waals surface area contributed by atoms with Gasteiger partial charge in [0.25, 0.3) is 0 Å². The molecule has 34 heavy (non-hydrogen) atoms. The number of carbonyl (C=O) groups is 1. The lowest BCUT2D eigenvalue weighted by Crippen LogP contribution is -2.27. The first-order valence-electron chi connectivity index (χ1n) is 10.9. The van der Waals surface area contributed by atoms with E-state index in [1.165, 1.54) is 4.88 Å². The molecule has 0 radical (unpaired) electrons. The van der Waals surface area contributed by atoms with Gasteiger partial charge in [-0.25, -0.2) is 15.0 Å². The highest BCUT2D eigenvalue weighted by molar-refractivity contribution is 7.15. The lowest BCUT2D eigenvalue weighted by Gasteiger charge is -2.15. The lowest BCUT2D eigenvalue weighted by atomic mass is 10.1. The zero-order valence-corrected chi connectivity index (χ0v) is 20.2. The van der Waals surface area contributed by atoms with Gasteiger partial charge in [0.15, 0.2) is 5.78 Å². The molecule has 0 aliphatic carbocycles. The van der Waals surface area contributed by atoms with Crippen LogP contribution in [0.4, 0.5) is 5.95 Å². The van der Waals surface area contributed by atoms with Crippen molar-refractivity contribution in [2.75, 3.05) is 19.0 Å². The summed E-state index contributed by atoms with van der Waals surface area (Å²) in [5.41, 5.74) is 3.20. The van der Waals surface area contributed by atoms with Gasteiger partial charge in [0.05, 0.1) is 48.9 Å². The molecule has 8 nitrogen and oxygen atoms in total. The van der Waals surface area contributed by atoms with E-state index in [2.05, 4.69) is 33.3 Å². The molecular weight excluding hydrogens is 450 g/mol. The van der Waals surface area contributed by atoms with Gasteiger partial charge in [-0.1, -0.05) is 0 Å². The average molecular weight is 478 g/mol. The van der Waals surface area contributed by atoms with E-state index in [1.807, 2.05) is 29.0 Å². The van der Waals surface area contributed by atoms with E-state index in [0.717, 1.165) is 21.8 Å². The maximum absolute atomic E-state index is 11.8. The first-order valence-corrected chi connectivity index (χ1v) is 11.7. The number of rotatable bonds is 10. The van der Waals surface area contributed by atoms with Crippen LogP contribution in [-0.4, -0.2) is 50.2 Å². The number of aryl methyl sites for hydroxylation is 1. The highest BCUT2D eigenvalue weighted by atomic mass is 32.1. The number of carbonyl (C=O) groups excluding carboxylic acids is 1. The maximum Gasteiger partial charge on any atom is 0.223 e. The zero-order chi connectivity index (χ0) is 24.1.